The lowest BCUT2D eigenvalue weighted by molar-refractivity contribution is 0.0574. The van der Waals surface area contributed by atoms with E-state index in [9.17, 15) is 0 Å². The number of pyridine rings is 1. The van der Waals surface area contributed by atoms with Crippen LogP contribution >= 0.6 is 23.4 Å². The van der Waals surface area contributed by atoms with Crippen molar-refractivity contribution in [2.45, 2.75) is 34.8 Å². The van der Waals surface area contributed by atoms with Crippen LogP contribution in [0, 0.1) is 5.41 Å². The average molecular weight is 461 g/mol. The standard InChI is InChI=1S/C21H29ClN8S/c1-28-10-14(11-28)30-12-16(23)21(13-30)3-6-29(7-4-21)17-8-27-18(9-26-17)31-15-2-5-25-20(24)19(15)22/h2,5,8-9,14,16H,3-4,6-7,10-13,23H2,1H3,(H2,24,25)/t16-/m1/s1. The van der Waals surface area contributed by atoms with Crippen molar-refractivity contribution < 1.29 is 0 Å². The first-order chi connectivity index (χ1) is 14.9. The lowest BCUT2D eigenvalue weighted by atomic mass is 9.75. The molecule has 1 atom stereocenters. The highest BCUT2D eigenvalue weighted by molar-refractivity contribution is 7.99. The predicted octanol–water partition coefficient (Wildman–Crippen LogP) is 1.80. The van der Waals surface area contributed by atoms with Gasteiger partial charge in [-0.3, -0.25) is 4.90 Å². The molecule has 5 rings (SSSR count). The largest absolute Gasteiger partial charge is 0.382 e. The molecule has 0 amide bonds. The number of likely N-dealkylation sites (N-methyl/N-ethyl adjacent to an activating group) is 1. The van der Waals surface area contributed by atoms with E-state index in [-0.39, 0.29) is 11.5 Å². The molecule has 166 valence electrons. The van der Waals surface area contributed by atoms with E-state index in [1.807, 2.05) is 12.3 Å². The molecule has 0 aliphatic carbocycles. The van der Waals surface area contributed by atoms with Crippen LogP contribution < -0.4 is 16.4 Å². The number of anilines is 2. The van der Waals surface area contributed by atoms with Gasteiger partial charge in [-0.2, -0.15) is 0 Å². The van der Waals surface area contributed by atoms with Gasteiger partial charge in [-0.15, -0.1) is 0 Å². The molecule has 3 aliphatic rings. The number of piperidine rings is 1. The minimum absolute atomic E-state index is 0.242. The fraction of sp³-hybridized carbons (Fsp3) is 0.571. The van der Waals surface area contributed by atoms with Crippen molar-refractivity contribution >= 4 is 35.0 Å². The van der Waals surface area contributed by atoms with Crippen LogP contribution in [0.25, 0.3) is 0 Å². The third kappa shape index (κ3) is 4.09. The van der Waals surface area contributed by atoms with Crippen molar-refractivity contribution in [1.82, 2.24) is 24.8 Å². The fourth-order valence-electron chi connectivity index (χ4n) is 5.08. The van der Waals surface area contributed by atoms with Gasteiger partial charge in [-0.1, -0.05) is 23.4 Å². The molecule has 0 saturated carbocycles. The van der Waals surface area contributed by atoms with Gasteiger partial charge in [0.2, 0.25) is 0 Å². The minimum atomic E-state index is 0.242. The van der Waals surface area contributed by atoms with E-state index in [1.54, 1.807) is 12.4 Å². The van der Waals surface area contributed by atoms with E-state index < -0.39 is 0 Å². The molecule has 3 saturated heterocycles. The molecular weight excluding hydrogens is 432 g/mol. The second-order valence-corrected chi connectivity index (χ2v) is 10.5. The van der Waals surface area contributed by atoms with Gasteiger partial charge < -0.3 is 21.3 Å². The van der Waals surface area contributed by atoms with E-state index in [2.05, 4.69) is 36.7 Å². The highest BCUT2D eigenvalue weighted by Gasteiger charge is 2.49. The van der Waals surface area contributed by atoms with Crippen molar-refractivity contribution in [2.75, 3.05) is 56.9 Å². The Bertz CT molecular complexity index is 927. The Morgan fingerprint density at radius 2 is 1.90 bits per heavy atom. The summed E-state index contributed by atoms with van der Waals surface area (Å²) in [7, 11) is 2.19. The molecule has 1 spiro atoms. The number of nitrogens with zero attached hydrogens (tertiary/aromatic N) is 6. The zero-order valence-corrected chi connectivity index (χ0v) is 19.3. The van der Waals surface area contributed by atoms with Gasteiger partial charge in [-0.05, 0) is 26.0 Å². The van der Waals surface area contributed by atoms with Gasteiger partial charge in [0.1, 0.15) is 16.7 Å². The van der Waals surface area contributed by atoms with E-state index in [0.717, 1.165) is 54.8 Å². The summed E-state index contributed by atoms with van der Waals surface area (Å²) in [5.74, 6) is 1.25. The molecule has 0 radical (unpaired) electrons. The number of likely N-dealkylation sites (tertiary alicyclic amines) is 2. The maximum Gasteiger partial charge on any atom is 0.147 e. The summed E-state index contributed by atoms with van der Waals surface area (Å²) in [5, 5.41) is 1.24. The summed E-state index contributed by atoms with van der Waals surface area (Å²) in [4.78, 5) is 21.4. The van der Waals surface area contributed by atoms with Crippen LogP contribution in [0.2, 0.25) is 5.02 Å². The van der Waals surface area contributed by atoms with E-state index in [0.29, 0.717) is 16.9 Å². The molecule has 0 unspecified atom stereocenters. The van der Waals surface area contributed by atoms with Gasteiger partial charge in [0.25, 0.3) is 0 Å². The lowest BCUT2D eigenvalue weighted by Gasteiger charge is -2.44. The van der Waals surface area contributed by atoms with E-state index in [1.165, 1.54) is 24.9 Å². The molecular formula is C21H29ClN8S. The van der Waals surface area contributed by atoms with Crippen molar-refractivity contribution in [3.8, 4) is 0 Å². The Kier molecular flexibility index (Phi) is 5.72. The zero-order chi connectivity index (χ0) is 21.6. The number of aromatic nitrogens is 3. The molecule has 10 heteroatoms. The van der Waals surface area contributed by atoms with E-state index >= 15 is 0 Å². The molecule has 2 aromatic rings. The third-order valence-electron chi connectivity index (χ3n) is 7.09. The molecule has 31 heavy (non-hydrogen) atoms. The summed E-state index contributed by atoms with van der Waals surface area (Å²) in [5.41, 5.74) is 12.7. The van der Waals surface area contributed by atoms with Crippen LogP contribution in [-0.4, -0.2) is 83.2 Å². The number of nitrogens with two attached hydrogens (primary N) is 2. The summed E-state index contributed by atoms with van der Waals surface area (Å²) in [6.07, 6.45) is 7.51. The molecule has 0 bridgehead atoms. The summed E-state index contributed by atoms with van der Waals surface area (Å²) in [6, 6.07) is 2.79. The predicted molar refractivity (Wildman–Crippen MR) is 125 cm³/mol. The van der Waals surface area contributed by atoms with Gasteiger partial charge in [0.15, 0.2) is 0 Å². The van der Waals surface area contributed by atoms with E-state index in [4.69, 9.17) is 23.1 Å². The Morgan fingerprint density at radius 3 is 2.58 bits per heavy atom. The number of hydrogen-bond donors (Lipinski definition) is 2. The topological polar surface area (TPSA) is 100 Å². The molecule has 0 aromatic carbocycles. The summed E-state index contributed by atoms with van der Waals surface area (Å²) in [6.45, 7) is 6.46. The van der Waals surface area contributed by atoms with Crippen LogP contribution in [0.3, 0.4) is 0 Å². The van der Waals surface area contributed by atoms with Crippen molar-refractivity contribution in [3.05, 3.63) is 29.7 Å². The number of hydrogen-bond acceptors (Lipinski definition) is 9. The van der Waals surface area contributed by atoms with Gasteiger partial charge in [-0.25, -0.2) is 15.0 Å². The highest BCUT2D eigenvalue weighted by atomic mass is 35.5. The van der Waals surface area contributed by atoms with Gasteiger partial charge in [0, 0.05) is 67.9 Å². The normalized spacial score (nSPS) is 24.6. The monoisotopic (exact) mass is 460 g/mol. The highest BCUT2D eigenvalue weighted by Crippen LogP contribution is 2.42. The first-order valence-electron chi connectivity index (χ1n) is 10.8. The van der Waals surface area contributed by atoms with Gasteiger partial charge in [0.05, 0.1) is 17.4 Å². The SMILES string of the molecule is CN1CC(N2C[C@@H](N)C3(CCN(c4cnc(Sc5ccnc(N)c5Cl)cn4)CC3)C2)C1. The summed E-state index contributed by atoms with van der Waals surface area (Å²) < 4.78 is 0. The van der Waals surface area contributed by atoms with Crippen LogP contribution in [0.1, 0.15) is 12.8 Å². The smallest absolute Gasteiger partial charge is 0.147 e. The molecule has 5 heterocycles. The lowest BCUT2D eigenvalue weighted by Crippen LogP contribution is -2.57. The number of nitrogen functional groups attached to an aromatic ring is 1. The fourth-order valence-corrected chi connectivity index (χ4v) is 6.06. The van der Waals surface area contributed by atoms with Crippen molar-refractivity contribution in [3.63, 3.8) is 0 Å². The molecule has 8 nitrogen and oxygen atoms in total. The Morgan fingerprint density at radius 1 is 1.13 bits per heavy atom. The van der Waals surface area contributed by atoms with Crippen molar-refractivity contribution in [2.24, 2.45) is 11.1 Å². The maximum atomic E-state index is 6.66. The molecule has 4 N–H and O–H groups in total. The van der Waals surface area contributed by atoms with Crippen LogP contribution in [-0.2, 0) is 0 Å². The average Bonchev–Trinajstić information content (AvgIpc) is 3.05. The maximum absolute atomic E-state index is 6.66. The first-order valence-corrected chi connectivity index (χ1v) is 12.0. The quantitative estimate of drug-likeness (QED) is 0.707. The second-order valence-electron chi connectivity index (χ2n) is 9.08. The Hall–Kier alpha value is -1.65. The number of rotatable bonds is 4. The second kappa shape index (κ2) is 8.37. The van der Waals surface area contributed by atoms with Crippen LogP contribution in [0.15, 0.2) is 34.6 Å². The first kappa shape index (κ1) is 21.2. The minimum Gasteiger partial charge on any atom is -0.382 e. The third-order valence-corrected chi connectivity index (χ3v) is 8.58. The Balaban J connectivity index is 1.19. The zero-order valence-electron chi connectivity index (χ0n) is 17.7. The Labute approximate surface area is 192 Å². The molecule has 3 aliphatic heterocycles. The summed E-state index contributed by atoms with van der Waals surface area (Å²) >= 11 is 7.68. The van der Waals surface area contributed by atoms with Crippen LogP contribution in [0.5, 0.6) is 0 Å². The van der Waals surface area contributed by atoms with Gasteiger partial charge >= 0.3 is 0 Å². The van der Waals surface area contributed by atoms with Crippen LogP contribution in [0.4, 0.5) is 11.6 Å². The molecule has 2 aromatic heterocycles. The molecule has 3 fully saturated rings. The number of halogens is 1. The van der Waals surface area contributed by atoms with Crippen molar-refractivity contribution in [1.29, 1.82) is 0 Å².